The molecule has 118 valence electrons. The minimum atomic E-state index is -3.48. The van der Waals surface area contributed by atoms with Crippen LogP contribution in [0.15, 0.2) is 0 Å². The van der Waals surface area contributed by atoms with Crippen molar-refractivity contribution >= 4 is 20.2 Å². The zero-order valence-electron chi connectivity index (χ0n) is 11.8. The Bertz CT molecular complexity index is 488. The average molecular weight is 326 g/mol. The van der Waals surface area contributed by atoms with E-state index in [1.807, 2.05) is 0 Å². The average Bonchev–Trinajstić information content (AvgIpc) is 2.82. The molecule has 0 radical (unpaired) electrons. The molecule has 0 amide bonds. The van der Waals surface area contributed by atoms with Crippen LogP contribution in [0.4, 0.5) is 0 Å². The van der Waals surface area contributed by atoms with Gasteiger partial charge in [-0.15, -0.1) is 0 Å². The van der Waals surface area contributed by atoms with Crippen LogP contribution in [0, 0.1) is 11.8 Å². The Kier molecular flexibility index (Phi) is 4.78. The summed E-state index contributed by atoms with van der Waals surface area (Å²) < 4.78 is 55.6. The van der Waals surface area contributed by atoms with Gasteiger partial charge in [0.15, 0.2) is 0 Å². The Labute approximate surface area is 121 Å². The zero-order chi connectivity index (χ0) is 15.0. The van der Waals surface area contributed by atoms with Crippen molar-refractivity contribution in [2.75, 3.05) is 12.5 Å². The Morgan fingerprint density at radius 1 is 0.700 bits per heavy atom. The lowest BCUT2D eigenvalue weighted by atomic mass is 9.86. The van der Waals surface area contributed by atoms with Gasteiger partial charge in [0, 0.05) is 0 Å². The third-order valence-electron chi connectivity index (χ3n) is 4.15. The van der Waals surface area contributed by atoms with Crippen LogP contribution in [-0.4, -0.2) is 41.6 Å². The molecule has 0 unspecified atom stereocenters. The van der Waals surface area contributed by atoms with Gasteiger partial charge in [-0.2, -0.15) is 16.8 Å². The van der Waals surface area contributed by atoms with Crippen LogP contribution in [-0.2, 0) is 28.6 Å². The molecule has 20 heavy (non-hydrogen) atoms. The van der Waals surface area contributed by atoms with Crippen LogP contribution in [0.2, 0.25) is 0 Å². The summed E-state index contributed by atoms with van der Waals surface area (Å²) in [6, 6.07) is 0. The first-order chi connectivity index (χ1) is 9.16. The van der Waals surface area contributed by atoms with Crippen molar-refractivity contribution < 1.29 is 25.2 Å². The lowest BCUT2D eigenvalue weighted by molar-refractivity contribution is 0.0709. The van der Waals surface area contributed by atoms with E-state index < -0.39 is 20.2 Å². The molecule has 0 saturated heterocycles. The second-order valence-corrected chi connectivity index (χ2v) is 9.07. The predicted octanol–water partition coefficient (Wildman–Crippen LogP) is 1.28. The largest absolute Gasteiger partial charge is 0.267 e. The standard InChI is InChI=1S/C12H22O6S2/c1-19(13,14)17-11-7-3-5-9(11)10-6-4-8-12(10)18-20(2,15)16/h9-12H,3-8H2,1-2H3/t9-,10-,11+,12+/m1/s1. The van der Waals surface area contributed by atoms with E-state index in [1.54, 1.807) is 0 Å². The summed E-state index contributed by atoms with van der Waals surface area (Å²) in [5.41, 5.74) is 0. The van der Waals surface area contributed by atoms with Gasteiger partial charge < -0.3 is 0 Å². The van der Waals surface area contributed by atoms with Crippen LogP contribution in [0.25, 0.3) is 0 Å². The monoisotopic (exact) mass is 326 g/mol. The molecule has 6 nitrogen and oxygen atoms in total. The smallest absolute Gasteiger partial charge is 0.264 e. The van der Waals surface area contributed by atoms with Gasteiger partial charge in [-0.3, -0.25) is 8.37 Å². The molecule has 2 fully saturated rings. The van der Waals surface area contributed by atoms with Gasteiger partial charge >= 0.3 is 0 Å². The summed E-state index contributed by atoms with van der Waals surface area (Å²) in [5, 5.41) is 0. The summed E-state index contributed by atoms with van der Waals surface area (Å²) >= 11 is 0. The molecule has 2 aliphatic carbocycles. The van der Waals surface area contributed by atoms with E-state index >= 15 is 0 Å². The van der Waals surface area contributed by atoms with E-state index in [-0.39, 0.29) is 24.0 Å². The molecule has 0 aromatic carbocycles. The number of rotatable bonds is 5. The topological polar surface area (TPSA) is 86.7 Å². The molecular weight excluding hydrogens is 304 g/mol. The summed E-state index contributed by atoms with van der Waals surface area (Å²) in [6.45, 7) is 0. The van der Waals surface area contributed by atoms with Crippen molar-refractivity contribution in [2.45, 2.75) is 50.7 Å². The minimum absolute atomic E-state index is 0.0685. The highest BCUT2D eigenvalue weighted by Crippen LogP contribution is 2.43. The Morgan fingerprint density at radius 3 is 1.35 bits per heavy atom. The fourth-order valence-electron chi connectivity index (χ4n) is 3.58. The van der Waals surface area contributed by atoms with Gasteiger partial charge in [0.05, 0.1) is 24.7 Å². The van der Waals surface area contributed by atoms with E-state index in [0.29, 0.717) is 12.8 Å². The van der Waals surface area contributed by atoms with Crippen molar-refractivity contribution in [3.63, 3.8) is 0 Å². The maximum Gasteiger partial charge on any atom is 0.264 e. The lowest BCUT2D eigenvalue weighted by Crippen LogP contribution is -2.33. The fraction of sp³-hybridized carbons (Fsp3) is 1.00. The molecule has 0 aromatic heterocycles. The van der Waals surface area contributed by atoms with Crippen LogP contribution in [0.5, 0.6) is 0 Å². The lowest BCUT2D eigenvalue weighted by Gasteiger charge is -2.28. The molecule has 0 N–H and O–H groups in total. The van der Waals surface area contributed by atoms with Crippen LogP contribution < -0.4 is 0 Å². The summed E-state index contributed by atoms with van der Waals surface area (Å²) in [4.78, 5) is 0. The first-order valence-electron chi connectivity index (χ1n) is 6.92. The van der Waals surface area contributed by atoms with E-state index in [2.05, 4.69) is 0 Å². The molecular formula is C12H22O6S2. The first-order valence-corrected chi connectivity index (χ1v) is 10.6. The van der Waals surface area contributed by atoms with Gasteiger partial charge in [-0.25, -0.2) is 0 Å². The Balaban J connectivity index is 2.08. The van der Waals surface area contributed by atoms with Crippen molar-refractivity contribution in [1.29, 1.82) is 0 Å². The summed E-state index contributed by atoms with van der Waals surface area (Å²) in [6.07, 6.45) is 6.42. The Morgan fingerprint density at radius 2 is 1.05 bits per heavy atom. The second kappa shape index (κ2) is 5.90. The zero-order valence-corrected chi connectivity index (χ0v) is 13.5. The molecule has 0 aromatic rings. The predicted molar refractivity (Wildman–Crippen MR) is 74.1 cm³/mol. The number of hydrogen-bond acceptors (Lipinski definition) is 6. The highest BCUT2D eigenvalue weighted by atomic mass is 32.2. The maximum absolute atomic E-state index is 11.3. The number of hydrogen-bond donors (Lipinski definition) is 0. The molecule has 2 aliphatic rings. The van der Waals surface area contributed by atoms with Crippen LogP contribution in [0.1, 0.15) is 38.5 Å². The van der Waals surface area contributed by atoms with Crippen molar-refractivity contribution in [2.24, 2.45) is 11.8 Å². The SMILES string of the molecule is CS(=O)(=O)O[C@H]1CCC[C@@H]1[C@H]1CCC[C@@H]1OS(C)(=O)=O. The second-order valence-electron chi connectivity index (χ2n) is 5.87. The highest BCUT2D eigenvalue weighted by Gasteiger charge is 2.43. The molecule has 0 bridgehead atoms. The molecule has 8 heteroatoms. The van der Waals surface area contributed by atoms with E-state index in [9.17, 15) is 16.8 Å². The molecule has 2 rings (SSSR count). The van der Waals surface area contributed by atoms with Gasteiger partial charge in [0.2, 0.25) is 0 Å². The van der Waals surface area contributed by atoms with Crippen LogP contribution >= 0.6 is 0 Å². The van der Waals surface area contributed by atoms with E-state index in [4.69, 9.17) is 8.37 Å². The normalized spacial score (nSPS) is 35.5. The third-order valence-corrected chi connectivity index (χ3v) is 5.35. The van der Waals surface area contributed by atoms with Gasteiger partial charge in [0.1, 0.15) is 0 Å². The highest BCUT2D eigenvalue weighted by molar-refractivity contribution is 7.86. The fourth-order valence-corrected chi connectivity index (χ4v) is 4.95. The summed E-state index contributed by atoms with van der Waals surface area (Å²) in [7, 11) is -6.96. The molecule has 0 spiro atoms. The molecule has 0 heterocycles. The van der Waals surface area contributed by atoms with Crippen LogP contribution in [0.3, 0.4) is 0 Å². The quantitative estimate of drug-likeness (QED) is 0.707. The first kappa shape index (κ1) is 16.2. The molecule has 2 saturated carbocycles. The van der Waals surface area contributed by atoms with Gasteiger partial charge in [-0.05, 0) is 37.5 Å². The third kappa shape index (κ3) is 4.41. The van der Waals surface area contributed by atoms with E-state index in [0.717, 1.165) is 38.2 Å². The van der Waals surface area contributed by atoms with Crippen molar-refractivity contribution in [3.8, 4) is 0 Å². The molecule has 0 aliphatic heterocycles. The van der Waals surface area contributed by atoms with E-state index in [1.165, 1.54) is 0 Å². The van der Waals surface area contributed by atoms with Gasteiger partial charge in [0.25, 0.3) is 20.2 Å². The van der Waals surface area contributed by atoms with Crippen molar-refractivity contribution in [1.82, 2.24) is 0 Å². The Hall–Kier alpha value is -0.180. The molecule has 4 atom stereocenters. The summed E-state index contributed by atoms with van der Waals surface area (Å²) in [5.74, 6) is 0.137. The maximum atomic E-state index is 11.3. The van der Waals surface area contributed by atoms with Gasteiger partial charge in [-0.1, -0.05) is 12.8 Å². The van der Waals surface area contributed by atoms with Crippen molar-refractivity contribution in [3.05, 3.63) is 0 Å². The minimum Gasteiger partial charge on any atom is -0.267 e.